The van der Waals surface area contributed by atoms with Crippen LogP contribution in [-0.4, -0.2) is 30.3 Å². The van der Waals surface area contributed by atoms with Crippen LogP contribution in [0.15, 0.2) is 0 Å². The number of aliphatic hydroxyl groups is 1. The molecule has 0 saturated heterocycles. The van der Waals surface area contributed by atoms with Crippen LogP contribution in [0, 0.1) is 0 Å². The summed E-state index contributed by atoms with van der Waals surface area (Å²) in [6.45, 7) is 1.87. The molecule has 67 valence electrons. The monoisotopic (exact) mass is 168 g/mol. The van der Waals surface area contributed by atoms with E-state index in [9.17, 15) is 9.90 Å². The maximum atomic E-state index is 10.0. The van der Waals surface area contributed by atoms with E-state index in [4.69, 9.17) is 0 Å². The van der Waals surface area contributed by atoms with E-state index in [0.717, 1.165) is 31.9 Å². The minimum atomic E-state index is -0.487. The molecule has 0 aliphatic heterocycles. The van der Waals surface area contributed by atoms with Crippen molar-refractivity contribution in [2.24, 2.45) is 0 Å². The van der Waals surface area contributed by atoms with Crippen molar-refractivity contribution in [2.45, 2.75) is 44.2 Å². The van der Waals surface area contributed by atoms with Crippen molar-refractivity contribution in [1.29, 1.82) is 0 Å². The Morgan fingerprint density at radius 2 is 2.17 bits per heavy atom. The minimum absolute atomic E-state index is 0.371. The van der Waals surface area contributed by atoms with Gasteiger partial charge in [-0.15, -0.1) is 0 Å². The average molecular weight is 168 g/mol. The van der Waals surface area contributed by atoms with Gasteiger partial charge in [-0.05, 0) is 38.6 Å². The highest BCUT2D eigenvalue weighted by molar-refractivity contribution is 6.64. The van der Waals surface area contributed by atoms with Gasteiger partial charge >= 0.3 is 0 Å². The molecule has 0 spiro atoms. The molecule has 2 N–H and O–H groups in total. The highest BCUT2D eigenvalue weighted by Crippen LogP contribution is 2.27. The van der Waals surface area contributed by atoms with Gasteiger partial charge in [0.15, 0.2) is 0 Å². The lowest BCUT2D eigenvalue weighted by atomic mass is 9.81. The number of carbonyl (C=O) groups is 1. The third-order valence-corrected chi connectivity index (χ3v) is 2.46. The smallest absolute Gasteiger partial charge is 0.290 e. The third-order valence-electron chi connectivity index (χ3n) is 2.46. The van der Waals surface area contributed by atoms with Crippen molar-refractivity contribution >= 4 is 13.6 Å². The van der Waals surface area contributed by atoms with Gasteiger partial charge in [0.1, 0.15) is 0 Å². The molecule has 4 heteroatoms. The number of hydrogen-bond donors (Lipinski definition) is 2. The summed E-state index contributed by atoms with van der Waals surface area (Å²) < 4.78 is 0. The molecular weight excluding hydrogens is 153 g/mol. The van der Waals surface area contributed by atoms with E-state index in [1.165, 1.54) is 7.41 Å². The minimum Gasteiger partial charge on any atom is -0.390 e. The predicted octanol–water partition coefficient (Wildman–Crippen LogP) is 0.0790. The first-order valence-electron chi connectivity index (χ1n) is 4.39. The van der Waals surface area contributed by atoms with Gasteiger partial charge in [0, 0.05) is 0 Å². The molecule has 3 nitrogen and oxygen atoms in total. The van der Waals surface area contributed by atoms with Crippen LogP contribution in [0.1, 0.15) is 32.6 Å². The molecule has 1 saturated carbocycles. The fraction of sp³-hybridized carbons (Fsp3) is 0.875. The predicted molar refractivity (Wildman–Crippen MR) is 48.5 cm³/mol. The van der Waals surface area contributed by atoms with Crippen LogP contribution in [0.3, 0.4) is 0 Å². The molecule has 1 rings (SSSR count). The zero-order valence-corrected chi connectivity index (χ0v) is 7.42. The van der Waals surface area contributed by atoms with E-state index in [0.29, 0.717) is 6.04 Å². The summed E-state index contributed by atoms with van der Waals surface area (Å²) in [5.41, 5.74) is -0.487. The van der Waals surface area contributed by atoms with Gasteiger partial charge < -0.3 is 15.1 Å². The van der Waals surface area contributed by atoms with Crippen molar-refractivity contribution in [3.05, 3.63) is 0 Å². The van der Waals surface area contributed by atoms with Crippen molar-refractivity contribution < 1.29 is 9.90 Å². The zero-order chi connectivity index (χ0) is 9.03. The highest BCUT2D eigenvalue weighted by atomic mass is 16.3. The van der Waals surface area contributed by atoms with Crippen LogP contribution >= 0.6 is 0 Å². The fourth-order valence-electron chi connectivity index (χ4n) is 1.58. The van der Waals surface area contributed by atoms with Crippen LogP contribution < -0.4 is 5.23 Å². The number of rotatable bonds is 3. The molecule has 1 radical (unpaired) electrons. The van der Waals surface area contributed by atoms with Gasteiger partial charge in [0.25, 0.3) is 7.41 Å². The molecule has 1 aliphatic rings. The normalized spacial score (nSPS) is 36.0. The van der Waals surface area contributed by atoms with Crippen LogP contribution in [0.25, 0.3) is 0 Å². The Bertz CT molecular complexity index is 151. The maximum Gasteiger partial charge on any atom is 0.290 e. The molecule has 1 fully saturated rings. The van der Waals surface area contributed by atoms with Crippen molar-refractivity contribution in [2.75, 3.05) is 0 Å². The second-order valence-electron chi connectivity index (χ2n) is 3.74. The second-order valence-corrected chi connectivity index (χ2v) is 3.74. The van der Waals surface area contributed by atoms with Gasteiger partial charge in [-0.25, -0.2) is 0 Å². The molecule has 0 atom stereocenters. The van der Waals surface area contributed by atoms with Crippen LogP contribution in [0.5, 0.6) is 0 Å². The molecule has 0 bridgehead atoms. The Hall–Kier alpha value is -0.345. The Kier molecular flexibility index (Phi) is 3.29. The number of hydrogen-bond acceptors (Lipinski definition) is 3. The fourth-order valence-corrected chi connectivity index (χ4v) is 1.58. The molecule has 1 aliphatic carbocycles. The topological polar surface area (TPSA) is 49.3 Å². The van der Waals surface area contributed by atoms with E-state index in [2.05, 4.69) is 5.23 Å². The van der Waals surface area contributed by atoms with Gasteiger partial charge in [0.2, 0.25) is 0 Å². The Balaban J connectivity index is 2.22. The first-order chi connectivity index (χ1) is 5.64. The molecule has 0 aromatic heterocycles. The summed E-state index contributed by atoms with van der Waals surface area (Å²) >= 11 is 0. The van der Waals surface area contributed by atoms with Crippen molar-refractivity contribution in [1.82, 2.24) is 5.23 Å². The lowest BCUT2D eigenvalue weighted by Crippen LogP contribution is -2.41. The largest absolute Gasteiger partial charge is 0.390 e. The van der Waals surface area contributed by atoms with Crippen molar-refractivity contribution in [3.8, 4) is 0 Å². The standard InChI is InChI=1S/C8H15BNO2/c1-8(12)4-2-7(3-5-8)10-9-6-11/h6-7,10,12H,2-5H2,1H3. The molecule has 0 unspecified atom stereocenters. The Morgan fingerprint density at radius 1 is 1.58 bits per heavy atom. The lowest BCUT2D eigenvalue weighted by molar-refractivity contribution is 0.0163. The average Bonchev–Trinajstić information content (AvgIpc) is 2.03. The maximum absolute atomic E-state index is 10.0. The zero-order valence-electron chi connectivity index (χ0n) is 7.42. The van der Waals surface area contributed by atoms with Crippen LogP contribution in [0.4, 0.5) is 0 Å². The van der Waals surface area contributed by atoms with Gasteiger partial charge in [0.05, 0.1) is 11.8 Å². The van der Waals surface area contributed by atoms with E-state index in [1.807, 2.05) is 6.92 Å². The summed E-state index contributed by atoms with van der Waals surface area (Å²) in [4.78, 5) is 10.0. The van der Waals surface area contributed by atoms with Gasteiger partial charge in [-0.2, -0.15) is 0 Å². The molecule has 0 aromatic rings. The highest BCUT2D eigenvalue weighted by Gasteiger charge is 2.27. The van der Waals surface area contributed by atoms with Gasteiger partial charge in [-0.3, -0.25) is 0 Å². The van der Waals surface area contributed by atoms with Crippen LogP contribution in [0.2, 0.25) is 0 Å². The second kappa shape index (κ2) is 4.05. The summed E-state index contributed by atoms with van der Waals surface area (Å²) in [7, 11) is 1.44. The first-order valence-corrected chi connectivity index (χ1v) is 4.39. The number of carbonyl (C=O) groups excluding carboxylic acids is 1. The summed E-state index contributed by atoms with van der Waals surface area (Å²) in [6, 6.07) is 0.371. The van der Waals surface area contributed by atoms with Crippen LogP contribution in [-0.2, 0) is 4.79 Å². The van der Waals surface area contributed by atoms with E-state index >= 15 is 0 Å². The first kappa shape index (κ1) is 9.74. The van der Waals surface area contributed by atoms with E-state index in [1.54, 1.807) is 0 Å². The molecule has 0 amide bonds. The third kappa shape index (κ3) is 2.95. The Morgan fingerprint density at radius 3 is 2.67 bits per heavy atom. The summed E-state index contributed by atoms with van der Waals surface area (Å²) in [6.07, 6.45) is 4.27. The van der Waals surface area contributed by atoms with E-state index in [-0.39, 0.29) is 0 Å². The lowest BCUT2D eigenvalue weighted by Gasteiger charge is -2.33. The van der Waals surface area contributed by atoms with Crippen molar-refractivity contribution in [3.63, 3.8) is 0 Å². The molecule has 12 heavy (non-hydrogen) atoms. The summed E-state index contributed by atoms with van der Waals surface area (Å²) in [5, 5.41) is 12.6. The van der Waals surface area contributed by atoms with Gasteiger partial charge in [-0.1, -0.05) is 0 Å². The summed E-state index contributed by atoms with van der Waals surface area (Å²) in [5.74, 6) is 0. The van der Waals surface area contributed by atoms with E-state index < -0.39 is 5.60 Å². The quantitative estimate of drug-likeness (QED) is 0.463. The molecular formula is C8H15BNO2. The molecule has 0 heterocycles. The Labute approximate surface area is 73.8 Å². The number of nitrogens with one attached hydrogen (secondary N) is 1. The SMILES string of the molecule is CC1(O)CCC(N[B]C=O)CC1. The molecule has 0 aromatic carbocycles.